The van der Waals surface area contributed by atoms with Crippen molar-refractivity contribution in [3.05, 3.63) is 95.1 Å². The summed E-state index contributed by atoms with van der Waals surface area (Å²) in [4.78, 5) is 0. The van der Waals surface area contributed by atoms with Gasteiger partial charge in [0.15, 0.2) is 0 Å². The number of benzene rings is 2. The van der Waals surface area contributed by atoms with Crippen molar-refractivity contribution in [2.45, 2.75) is 12.4 Å². The van der Waals surface area contributed by atoms with Gasteiger partial charge in [-0.3, -0.25) is 0 Å². The van der Waals surface area contributed by atoms with Crippen molar-refractivity contribution in [1.29, 1.82) is 0 Å². The minimum atomic E-state index is -4.36. The van der Waals surface area contributed by atoms with Gasteiger partial charge in [0.1, 0.15) is 0 Å². The maximum absolute atomic E-state index is 12.4. The number of rotatable bonds is 4. The Kier molecular flexibility index (Phi) is 6.08. The molecule has 6 heteroatoms. The molecule has 0 saturated carbocycles. The summed E-state index contributed by atoms with van der Waals surface area (Å²) in [6, 6.07) is 9.50. The lowest BCUT2D eigenvalue weighted by Crippen LogP contribution is -2.03. The van der Waals surface area contributed by atoms with Crippen molar-refractivity contribution in [1.82, 2.24) is 0 Å². The van der Waals surface area contributed by atoms with Crippen molar-refractivity contribution in [3.63, 3.8) is 0 Å². The van der Waals surface area contributed by atoms with Crippen molar-refractivity contribution in [3.8, 4) is 0 Å². The first-order valence-electron chi connectivity index (χ1n) is 7.52. The summed E-state index contributed by atoms with van der Waals surface area (Å²) >= 11 is 0. The fraction of sp³-hybridized carbons (Fsp3) is 0.100. The van der Waals surface area contributed by atoms with Gasteiger partial charge in [-0.25, -0.2) is 0 Å². The van der Waals surface area contributed by atoms with Gasteiger partial charge in [0.05, 0.1) is 11.1 Å². The van der Waals surface area contributed by atoms with E-state index in [1.54, 1.807) is 36.5 Å². The van der Waals surface area contributed by atoms with Gasteiger partial charge in [-0.2, -0.15) is 26.3 Å². The fourth-order valence-corrected chi connectivity index (χ4v) is 2.03. The molecular formula is C20H14F6. The molecule has 136 valence electrons. The van der Waals surface area contributed by atoms with Gasteiger partial charge >= 0.3 is 12.4 Å². The molecule has 26 heavy (non-hydrogen) atoms. The van der Waals surface area contributed by atoms with Crippen LogP contribution >= 0.6 is 0 Å². The molecule has 2 aromatic rings. The Morgan fingerprint density at radius 2 is 0.769 bits per heavy atom. The number of hydrogen-bond donors (Lipinski definition) is 0. The zero-order valence-electron chi connectivity index (χ0n) is 13.4. The van der Waals surface area contributed by atoms with Crippen molar-refractivity contribution in [2.75, 3.05) is 0 Å². The second-order valence-electron chi connectivity index (χ2n) is 5.34. The molecule has 2 aromatic carbocycles. The van der Waals surface area contributed by atoms with Gasteiger partial charge < -0.3 is 0 Å². The summed E-state index contributed by atoms with van der Waals surface area (Å²) in [7, 11) is 0. The van der Waals surface area contributed by atoms with E-state index >= 15 is 0 Å². The minimum absolute atomic E-state index is 0.620. The van der Waals surface area contributed by atoms with E-state index < -0.39 is 23.5 Å². The summed E-state index contributed by atoms with van der Waals surface area (Å²) in [6.07, 6.45) is 1.21. The number of allylic oxidation sites excluding steroid dienone is 4. The topological polar surface area (TPSA) is 0 Å². The number of halogens is 6. The summed E-state index contributed by atoms with van der Waals surface area (Å²) in [5.41, 5.74) is -0.168. The van der Waals surface area contributed by atoms with Gasteiger partial charge in [0.2, 0.25) is 0 Å². The van der Waals surface area contributed by atoms with Gasteiger partial charge in [0.25, 0.3) is 0 Å². The Morgan fingerprint density at radius 3 is 1.04 bits per heavy atom. The maximum Gasteiger partial charge on any atom is 0.416 e. The predicted octanol–water partition coefficient (Wildman–Crippen LogP) is 7.01. The Labute approximate surface area is 146 Å². The largest absolute Gasteiger partial charge is 0.416 e. The first kappa shape index (κ1) is 19.6. The molecule has 0 aromatic heterocycles. The molecule has 0 N–H and O–H groups in total. The molecular weight excluding hydrogens is 354 g/mol. The number of alkyl halides is 6. The van der Waals surface area contributed by atoms with E-state index in [2.05, 4.69) is 0 Å². The van der Waals surface area contributed by atoms with E-state index in [4.69, 9.17) is 0 Å². The van der Waals surface area contributed by atoms with Crippen LogP contribution in [-0.4, -0.2) is 0 Å². The molecule has 0 radical (unpaired) electrons. The Bertz CT molecular complexity index is 719. The maximum atomic E-state index is 12.4. The Hall–Kier alpha value is -2.76. The molecule has 2 rings (SSSR count). The summed E-state index contributed by atoms with van der Waals surface area (Å²) in [5.74, 6) is 0. The third-order valence-electron chi connectivity index (χ3n) is 3.39. The molecule has 0 nitrogen and oxygen atoms in total. The standard InChI is InChI=1S/C20H14F6/c21-19(22,23)17-11-7-15(8-12-17)5-3-1-2-4-6-16-9-13-18(14-10-16)20(24,25)26/h1-14H. The van der Waals surface area contributed by atoms with Crippen LogP contribution < -0.4 is 0 Å². The first-order chi connectivity index (χ1) is 12.2. The SMILES string of the molecule is FC(F)(F)c1ccc(C=CC=CC=Cc2ccc(C(F)(F)F)cc2)cc1. The summed E-state index contributed by atoms with van der Waals surface area (Å²) in [6.45, 7) is 0. The van der Waals surface area contributed by atoms with Crippen LogP contribution in [-0.2, 0) is 12.4 Å². The van der Waals surface area contributed by atoms with E-state index in [0.717, 1.165) is 24.3 Å². The molecule has 0 aliphatic rings. The van der Waals surface area contributed by atoms with E-state index in [9.17, 15) is 26.3 Å². The van der Waals surface area contributed by atoms with Crippen LogP contribution in [0.2, 0.25) is 0 Å². The fourth-order valence-electron chi connectivity index (χ4n) is 2.03. The monoisotopic (exact) mass is 368 g/mol. The lowest BCUT2D eigenvalue weighted by atomic mass is 10.1. The second kappa shape index (κ2) is 8.08. The highest BCUT2D eigenvalue weighted by atomic mass is 19.4. The molecule has 0 bridgehead atoms. The zero-order chi connectivity index (χ0) is 19.2. The van der Waals surface area contributed by atoms with Crippen LogP contribution in [0.5, 0.6) is 0 Å². The molecule has 0 unspecified atom stereocenters. The van der Waals surface area contributed by atoms with E-state index in [1.165, 1.54) is 24.3 Å². The Morgan fingerprint density at radius 1 is 0.462 bits per heavy atom. The third kappa shape index (κ3) is 5.95. The van der Waals surface area contributed by atoms with Gasteiger partial charge in [-0.05, 0) is 35.4 Å². The van der Waals surface area contributed by atoms with Crippen molar-refractivity contribution in [2.24, 2.45) is 0 Å². The molecule has 0 fully saturated rings. The van der Waals surface area contributed by atoms with Gasteiger partial charge in [0, 0.05) is 0 Å². The third-order valence-corrected chi connectivity index (χ3v) is 3.39. The van der Waals surface area contributed by atoms with Crippen LogP contribution in [0.15, 0.2) is 72.8 Å². The average Bonchev–Trinajstić information content (AvgIpc) is 2.57. The second-order valence-corrected chi connectivity index (χ2v) is 5.34. The highest BCUT2D eigenvalue weighted by Crippen LogP contribution is 2.30. The highest BCUT2D eigenvalue weighted by molar-refractivity contribution is 5.54. The number of hydrogen-bond acceptors (Lipinski definition) is 0. The van der Waals surface area contributed by atoms with Crippen LogP contribution in [0.3, 0.4) is 0 Å². The van der Waals surface area contributed by atoms with Crippen LogP contribution in [0.4, 0.5) is 26.3 Å². The zero-order valence-corrected chi connectivity index (χ0v) is 13.4. The van der Waals surface area contributed by atoms with E-state index in [0.29, 0.717) is 11.1 Å². The van der Waals surface area contributed by atoms with Crippen molar-refractivity contribution < 1.29 is 26.3 Å². The molecule has 0 heterocycles. The molecule has 0 spiro atoms. The van der Waals surface area contributed by atoms with Crippen LogP contribution in [0.25, 0.3) is 12.2 Å². The smallest absolute Gasteiger partial charge is 0.166 e. The lowest BCUT2D eigenvalue weighted by Gasteiger charge is -2.05. The van der Waals surface area contributed by atoms with E-state index in [-0.39, 0.29) is 0 Å². The lowest BCUT2D eigenvalue weighted by molar-refractivity contribution is -0.138. The minimum Gasteiger partial charge on any atom is -0.166 e. The summed E-state index contributed by atoms with van der Waals surface area (Å²) < 4.78 is 74.6. The quantitative estimate of drug-likeness (QED) is 0.402. The predicted molar refractivity (Wildman–Crippen MR) is 90.1 cm³/mol. The molecule has 0 amide bonds. The molecule has 0 aliphatic carbocycles. The van der Waals surface area contributed by atoms with Crippen LogP contribution in [0.1, 0.15) is 22.3 Å². The first-order valence-corrected chi connectivity index (χ1v) is 7.52. The normalized spacial score (nSPS) is 13.3. The Balaban J connectivity index is 1.90. The highest BCUT2D eigenvalue weighted by Gasteiger charge is 2.30. The average molecular weight is 368 g/mol. The summed E-state index contributed by atoms with van der Waals surface area (Å²) in [5, 5.41) is 0. The molecule has 0 aliphatic heterocycles. The van der Waals surface area contributed by atoms with Crippen molar-refractivity contribution >= 4 is 12.2 Å². The molecule has 0 saturated heterocycles. The van der Waals surface area contributed by atoms with E-state index in [1.807, 2.05) is 0 Å². The van der Waals surface area contributed by atoms with Gasteiger partial charge in [-0.15, -0.1) is 0 Å². The molecule has 0 atom stereocenters. The van der Waals surface area contributed by atoms with Crippen LogP contribution in [0, 0.1) is 0 Å². The van der Waals surface area contributed by atoms with Gasteiger partial charge in [-0.1, -0.05) is 60.7 Å².